The van der Waals surface area contributed by atoms with E-state index >= 15 is 0 Å². The topological polar surface area (TPSA) is 47.6 Å². The summed E-state index contributed by atoms with van der Waals surface area (Å²) in [5, 5.41) is 0. The molecule has 0 aliphatic carbocycles. The van der Waals surface area contributed by atoms with Gasteiger partial charge in [-0.25, -0.2) is 4.99 Å². The minimum absolute atomic E-state index is 0.250. The van der Waals surface area contributed by atoms with E-state index in [0.29, 0.717) is 5.84 Å². The fraction of sp³-hybridized carbons (Fsp3) is 0.364. The summed E-state index contributed by atoms with van der Waals surface area (Å²) in [5.41, 5.74) is 6.58. The molecule has 0 radical (unpaired) electrons. The number of nitrogens with zero attached hydrogens (tertiary/aromatic N) is 1. The number of ether oxygens (including phenoxy) is 1. The maximum Gasteiger partial charge on any atom is 0.135 e. The molecule has 0 atom stereocenters. The molecule has 0 fully saturated rings. The highest BCUT2D eigenvalue weighted by atomic mass is 79.9. The van der Waals surface area contributed by atoms with Crippen LogP contribution in [0.1, 0.15) is 13.8 Å². The first-order chi connectivity index (χ1) is 7.04. The van der Waals surface area contributed by atoms with E-state index in [1.807, 2.05) is 32.0 Å². The molecule has 1 aromatic rings. The van der Waals surface area contributed by atoms with E-state index in [-0.39, 0.29) is 5.92 Å². The molecule has 2 N–H and O–H groups in total. The highest BCUT2D eigenvalue weighted by Crippen LogP contribution is 2.29. The van der Waals surface area contributed by atoms with Gasteiger partial charge < -0.3 is 10.5 Å². The first-order valence-electron chi connectivity index (χ1n) is 4.72. The number of aliphatic imine (C=N–C) groups is 1. The van der Waals surface area contributed by atoms with Gasteiger partial charge in [0.15, 0.2) is 0 Å². The Morgan fingerprint density at radius 1 is 1.47 bits per heavy atom. The normalized spacial score (nSPS) is 11.9. The van der Waals surface area contributed by atoms with Gasteiger partial charge in [-0.3, -0.25) is 0 Å². The van der Waals surface area contributed by atoms with Crippen molar-refractivity contribution >= 4 is 27.5 Å². The van der Waals surface area contributed by atoms with Crippen LogP contribution in [0.25, 0.3) is 0 Å². The van der Waals surface area contributed by atoms with Crippen molar-refractivity contribution < 1.29 is 4.74 Å². The van der Waals surface area contributed by atoms with Gasteiger partial charge in [0, 0.05) is 12.0 Å². The molecule has 0 unspecified atom stereocenters. The van der Waals surface area contributed by atoms with Gasteiger partial charge in [-0.15, -0.1) is 0 Å². The fourth-order valence-electron chi connectivity index (χ4n) is 0.996. The van der Waals surface area contributed by atoms with Gasteiger partial charge in [-0.1, -0.05) is 13.8 Å². The second kappa shape index (κ2) is 5.16. The first-order valence-corrected chi connectivity index (χ1v) is 5.51. The van der Waals surface area contributed by atoms with E-state index in [0.717, 1.165) is 15.9 Å². The standard InChI is InChI=1S/C11H15BrN2O/c1-7(2)11(13)14-8-4-5-9(12)10(6-8)15-3/h4-7H,1-3H3,(H2,13,14). The first kappa shape index (κ1) is 12.0. The average molecular weight is 271 g/mol. The predicted molar refractivity (Wildman–Crippen MR) is 66.8 cm³/mol. The number of hydrogen-bond acceptors (Lipinski definition) is 2. The summed E-state index contributed by atoms with van der Waals surface area (Å²) in [5.74, 6) is 1.63. The molecule has 82 valence electrons. The lowest BCUT2D eigenvalue weighted by Crippen LogP contribution is -2.17. The summed E-state index contributed by atoms with van der Waals surface area (Å²) < 4.78 is 6.08. The molecule has 0 saturated carbocycles. The largest absolute Gasteiger partial charge is 0.495 e. The van der Waals surface area contributed by atoms with Gasteiger partial charge in [0.1, 0.15) is 11.6 Å². The highest BCUT2D eigenvalue weighted by Gasteiger charge is 2.03. The van der Waals surface area contributed by atoms with Crippen LogP contribution in [0.3, 0.4) is 0 Å². The van der Waals surface area contributed by atoms with Crippen LogP contribution >= 0.6 is 15.9 Å². The molecule has 0 bridgehead atoms. The van der Waals surface area contributed by atoms with E-state index in [4.69, 9.17) is 10.5 Å². The number of methoxy groups -OCH3 is 1. The monoisotopic (exact) mass is 270 g/mol. The number of benzene rings is 1. The minimum atomic E-state index is 0.250. The third kappa shape index (κ3) is 3.23. The van der Waals surface area contributed by atoms with Crippen molar-refractivity contribution in [1.29, 1.82) is 0 Å². The zero-order chi connectivity index (χ0) is 11.4. The minimum Gasteiger partial charge on any atom is -0.495 e. The summed E-state index contributed by atoms with van der Waals surface area (Å²) in [6, 6.07) is 5.63. The Hall–Kier alpha value is -1.03. The maximum atomic E-state index is 5.78. The van der Waals surface area contributed by atoms with Crippen LogP contribution in [-0.2, 0) is 0 Å². The number of nitrogens with two attached hydrogens (primary N) is 1. The molecule has 3 nitrogen and oxygen atoms in total. The van der Waals surface area contributed by atoms with E-state index < -0.39 is 0 Å². The Labute approximate surface area is 98.5 Å². The summed E-state index contributed by atoms with van der Waals surface area (Å²) in [7, 11) is 1.62. The lowest BCUT2D eigenvalue weighted by atomic mass is 10.2. The fourth-order valence-corrected chi connectivity index (χ4v) is 1.40. The number of hydrogen-bond donors (Lipinski definition) is 1. The van der Waals surface area contributed by atoms with E-state index in [9.17, 15) is 0 Å². The van der Waals surface area contributed by atoms with Crippen LogP contribution < -0.4 is 10.5 Å². The molecule has 1 rings (SSSR count). The number of amidine groups is 1. The highest BCUT2D eigenvalue weighted by molar-refractivity contribution is 9.10. The lowest BCUT2D eigenvalue weighted by Gasteiger charge is -2.06. The summed E-state index contributed by atoms with van der Waals surface area (Å²) >= 11 is 3.38. The molecular weight excluding hydrogens is 256 g/mol. The molecule has 4 heteroatoms. The van der Waals surface area contributed by atoms with Gasteiger partial charge in [-0.2, -0.15) is 0 Å². The van der Waals surface area contributed by atoms with E-state index in [1.54, 1.807) is 7.11 Å². The average Bonchev–Trinajstić information content (AvgIpc) is 2.20. The Morgan fingerprint density at radius 3 is 2.67 bits per heavy atom. The van der Waals surface area contributed by atoms with Crippen LogP contribution in [0.2, 0.25) is 0 Å². The number of rotatable bonds is 3. The lowest BCUT2D eigenvalue weighted by molar-refractivity contribution is 0.412. The molecular formula is C11H15BrN2O. The zero-order valence-electron chi connectivity index (χ0n) is 9.12. The van der Waals surface area contributed by atoms with Crippen molar-refractivity contribution in [1.82, 2.24) is 0 Å². The molecule has 0 aliphatic rings. The summed E-state index contributed by atoms with van der Waals surface area (Å²) in [6.45, 7) is 4.02. The van der Waals surface area contributed by atoms with Crippen LogP contribution in [0, 0.1) is 5.92 Å². The van der Waals surface area contributed by atoms with Gasteiger partial charge >= 0.3 is 0 Å². The summed E-state index contributed by atoms with van der Waals surface area (Å²) in [6.07, 6.45) is 0. The molecule has 0 aromatic heterocycles. The van der Waals surface area contributed by atoms with Crippen molar-refractivity contribution in [2.75, 3.05) is 7.11 Å². The van der Waals surface area contributed by atoms with Gasteiger partial charge in [-0.05, 0) is 28.1 Å². The Morgan fingerprint density at radius 2 is 2.13 bits per heavy atom. The molecule has 0 amide bonds. The Balaban J connectivity index is 3.02. The smallest absolute Gasteiger partial charge is 0.135 e. The SMILES string of the molecule is COc1cc(N=C(N)C(C)C)ccc1Br. The van der Waals surface area contributed by atoms with Crippen LogP contribution in [0.4, 0.5) is 5.69 Å². The van der Waals surface area contributed by atoms with Crippen LogP contribution in [0.5, 0.6) is 5.75 Å². The Kier molecular flexibility index (Phi) is 4.15. The second-order valence-electron chi connectivity index (χ2n) is 3.51. The molecule has 0 aliphatic heterocycles. The van der Waals surface area contributed by atoms with Gasteiger partial charge in [0.25, 0.3) is 0 Å². The Bertz CT molecular complexity index is 375. The van der Waals surface area contributed by atoms with Crippen molar-refractivity contribution in [3.63, 3.8) is 0 Å². The van der Waals surface area contributed by atoms with Gasteiger partial charge in [0.2, 0.25) is 0 Å². The molecule has 0 saturated heterocycles. The predicted octanol–water partition coefficient (Wildman–Crippen LogP) is 3.10. The maximum absolute atomic E-state index is 5.78. The second-order valence-corrected chi connectivity index (χ2v) is 4.36. The summed E-state index contributed by atoms with van der Waals surface area (Å²) in [4.78, 5) is 4.30. The molecule has 15 heavy (non-hydrogen) atoms. The number of halogens is 1. The van der Waals surface area contributed by atoms with Gasteiger partial charge in [0.05, 0.1) is 17.3 Å². The molecule has 1 aromatic carbocycles. The van der Waals surface area contributed by atoms with Crippen molar-refractivity contribution in [2.45, 2.75) is 13.8 Å². The van der Waals surface area contributed by atoms with Crippen molar-refractivity contribution in [3.8, 4) is 5.75 Å². The van der Waals surface area contributed by atoms with Crippen molar-refractivity contribution in [3.05, 3.63) is 22.7 Å². The van der Waals surface area contributed by atoms with Crippen molar-refractivity contribution in [2.24, 2.45) is 16.6 Å². The van der Waals surface area contributed by atoms with E-state index in [2.05, 4.69) is 20.9 Å². The molecule has 0 spiro atoms. The molecule has 0 heterocycles. The quantitative estimate of drug-likeness (QED) is 0.678. The third-order valence-electron chi connectivity index (χ3n) is 1.98. The third-order valence-corrected chi connectivity index (χ3v) is 2.64. The van der Waals surface area contributed by atoms with E-state index in [1.165, 1.54) is 0 Å². The van der Waals surface area contributed by atoms with Crippen LogP contribution in [-0.4, -0.2) is 12.9 Å². The zero-order valence-corrected chi connectivity index (χ0v) is 10.7. The van der Waals surface area contributed by atoms with Crippen LogP contribution in [0.15, 0.2) is 27.7 Å².